The van der Waals surface area contributed by atoms with Crippen LogP contribution in [0.2, 0.25) is 5.02 Å². The molecule has 0 aliphatic carbocycles. The second-order valence-electron chi connectivity index (χ2n) is 6.74. The number of rotatable bonds is 1. The Morgan fingerprint density at radius 3 is 2.67 bits per heavy atom. The molecule has 9 heteroatoms. The van der Waals surface area contributed by atoms with Crippen molar-refractivity contribution in [3.63, 3.8) is 0 Å². The van der Waals surface area contributed by atoms with E-state index in [4.69, 9.17) is 16.3 Å². The Morgan fingerprint density at radius 2 is 1.90 bits per heavy atom. The number of nitrogens with zero attached hydrogens (tertiary/aromatic N) is 3. The van der Waals surface area contributed by atoms with Gasteiger partial charge in [-0.15, -0.1) is 0 Å². The van der Waals surface area contributed by atoms with Gasteiger partial charge in [0.05, 0.1) is 33.3 Å². The molecule has 5 rings (SSSR count). The number of hydrogen-bond acceptors (Lipinski definition) is 5. The van der Waals surface area contributed by atoms with Crippen molar-refractivity contribution in [1.82, 2.24) is 15.0 Å². The third kappa shape index (κ3) is 3.00. The molecule has 0 amide bonds. The summed E-state index contributed by atoms with van der Waals surface area (Å²) < 4.78 is 44.9. The van der Waals surface area contributed by atoms with Crippen LogP contribution < -0.4 is 10.1 Å². The van der Waals surface area contributed by atoms with Crippen molar-refractivity contribution >= 4 is 34.0 Å². The topological polar surface area (TPSA) is 59.9 Å². The molecular formula is C21H12ClF3N4O. The van der Waals surface area contributed by atoms with Crippen molar-refractivity contribution in [3.05, 3.63) is 64.9 Å². The highest BCUT2D eigenvalue weighted by Gasteiger charge is 2.33. The lowest BCUT2D eigenvalue weighted by molar-refractivity contribution is -0.137. The predicted octanol–water partition coefficient (Wildman–Crippen LogP) is 6.52. The summed E-state index contributed by atoms with van der Waals surface area (Å²) in [5.41, 5.74) is 2.27. The first kappa shape index (κ1) is 18.6. The average molecular weight is 429 g/mol. The average Bonchev–Trinajstić information content (AvgIpc) is 2.72. The molecule has 0 saturated heterocycles. The zero-order valence-electron chi connectivity index (χ0n) is 15.4. The highest BCUT2D eigenvalue weighted by molar-refractivity contribution is 6.32. The largest absolute Gasteiger partial charge is 0.451 e. The Kier molecular flexibility index (Phi) is 4.08. The number of hydrogen-bond donors (Lipinski definition) is 1. The van der Waals surface area contributed by atoms with Crippen LogP contribution in [0.5, 0.6) is 11.5 Å². The van der Waals surface area contributed by atoms with E-state index in [1.54, 1.807) is 37.4 Å². The molecule has 1 N–H and O–H groups in total. The van der Waals surface area contributed by atoms with Gasteiger partial charge in [-0.1, -0.05) is 11.6 Å². The predicted molar refractivity (Wildman–Crippen MR) is 107 cm³/mol. The number of anilines is 2. The Hall–Kier alpha value is -3.39. The number of nitrogens with one attached hydrogen (secondary N) is 1. The summed E-state index contributed by atoms with van der Waals surface area (Å²) in [6.07, 6.45) is -2.83. The molecule has 0 atom stereocenters. The van der Waals surface area contributed by atoms with Crippen LogP contribution in [0.3, 0.4) is 0 Å². The van der Waals surface area contributed by atoms with Crippen molar-refractivity contribution < 1.29 is 17.9 Å². The van der Waals surface area contributed by atoms with Gasteiger partial charge in [-0.2, -0.15) is 13.2 Å². The lowest BCUT2D eigenvalue weighted by Gasteiger charge is -2.25. The van der Waals surface area contributed by atoms with E-state index in [0.717, 1.165) is 12.1 Å². The van der Waals surface area contributed by atoms with Crippen molar-refractivity contribution in [2.75, 3.05) is 5.32 Å². The summed E-state index contributed by atoms with van der Waals surface area (Å²) in [7, 11) is 0. The van der Waals surface area contributed by atoms with Gasteiger partial charge in [0.15, 0.2) is 17.1 Å². The fraction of sp³-hybridized carbons (Fsp3) is 0.0952. The van der Waals surface area contributed by atoms with Gasteiger partial charge in [-0.3, -0.25) is 4.98 Å². The molecule has 4 heterocycles. The molecular weight excluding hydrogens is 417 g/mol. The van der Waals surface area contributed by atoms with Crippen LogP contribution in [-0.2, 0) is 6.18 Å². The fourth-order valence-corrected chi connectivity index (χ4v) is 3.55. The number of halogens is 4. The monoisotopic (exact) mass is 428 g/mol. The molecule has 3 aromatic heterocycles. The Bertz CT molecular complexity index is 1320. The quantitative estimate of drug-likeness (QED) is 0.329. The third-order valence-corrected chi connectivity index (χ3v) is 5.06. The molecule has 0 bridgehead atoms. The van der Waals surface area contributed by atoms with Crippen LogP contribution in [-0.4, -0.2) is 15.0 Å². The second-order valence-corrected chi connectivity index (χ2v) is 7.15. The van der Waals surface area contributed by atoms with Crippen molar-refractivity contribution in [2.45, 2.75) is 13.1 Å². The van der Waals surface area contributed by atoms with Crippen LogP contribution in [0, 0.1) is 6.92 Å². The van der Waals surface area contributed by atoms with Crippen molar-refractivity contribution in [3.8, 4) is 22.9 Å². The number of pyridine rings is 3. The van der Waals surface area contributed by atoms with Gasteiger partial charge in [0.2, 0.25) is 0 Å². The SMILES string of the molecule is Cc1nc2nc(-c3ncccc3Cl)ccc2c2c1Oc1cc(C(F)(F)F)ccc1N2. The van der Waals surface area contributed by atoms with Gasteiger partial charge in [-0.05, 0) is 49.4 Å². The molecule has 30 heavy (non-hydrogen) atoms. The maximum Gasteiger partial charge on any atom is 0.416 e. The van der Waals surface area contributed by atoms with Gasteiger partial charge < -0.3 is 10.1 Å². The molecule has 150 valence electrons. The van der Waals surface area contributed by atoms with Crippen LogP contribution in [0.4, 0.5) is 24.5 Å². The van der Waals surface area contributed by atoms with Crippen LogP contribution >= 0.6 is 11.6 Å². The van der Waals surface area contributed by atoms with E-state index in [-0.39, 0.29) is 5.75 Å². The van der Waals surface area contributed by atoms with Crippen LogP contribution in [0.1, 0.15) is 11.3 Å². The van der Waals surface area contributed by atoms with Crippen LogP contribution in [0.25, 0.3) is 22.4 Å². The lowest BCUT2D eigenvalue weighted by atomic mass is 10.1. The van der Waals surface area contributed by atoms with Crippen LogP contribution in [0.15, 0.2) is 48.7 Å². The minimum absolute atomic E-state index is 0.0893. The van der Waals surface area contributed by atoms with E-state index < -0.39 is 11.7 Å². The molecule has 5 nitrogen and oxygen atoms in total. The molecule has 1 aliphatic rings. The molecule has 0 unspecified atom stereocenters. The van der Waals surface area contributed by atoms with Gasteiger partial charge in [-0.25, -0.2) is 9.97 Å². The van der Waals surface area contributed by atoms with E-state index in [0.29, 0.717) is 50.3 Å². The number of aryl methyl sites for hydroxylation is 1. The first-order chi connectivity index (χ1) is 14.3. The summed E-state index contributed by atoms with van der Waals surface area (Å²) in [5.74, 6) is 0.450. The standard InChI is InChI=1S/C21H12ClF3N4O/c1-10-19-17(28-14-6-4-11(21(23,24)25)9-16(14)30-19)12-5-7-15(29-20(12)27-10)18-13(22)3-2-8-26-18/h2-9,28H,1H3. The Labute approximate surface area is 173 Å². The number of alkyl halides is 3. The minimum Gasteiger partial charge on any atom is -0.451 e. The van der Waals surface area contributed by atoms with E-state index in [9.17, 15) is 13.2 Å². The summed E-state index contributed by atoms with van der Waals surface area (Å²) in [4.78, 5) is 13.3. The number of ether oxygens (including phenoxy) is 1. The van der Waals surface area contributed by atoms with E-state index in [2.05, 4.69) is 20.3 Å². The van der Waals surface area contributed by atoms with E-state index >= 15 is 0 Å². The van der Waals surface area contributed by atoms with E-state index in [1.165, 1.54) is 6.07 Å². The Balaban J connectivity index is 1.62. The van der Waals surface area contributed by atoms with Crippen molar-refractivity contribution in [1.29, 1.82) is 0 Å². The number of aromatic nitrogens is 3. The van der Waals surface area contributed by atoms with Gasteiger partial charge >= 0.3 is 6.18 Å². The fourth-order valence-electron chi connectivity index (χ4n) is 3.33. The summed E-state index contributed by atoms with van der Waals surface area (Å²) in [6, 6.07) is 10.3. The van der Waals surface area contributed by atoms with E-state index in [1.807, 2.05) is 0 Å². The normalized spacial score (nSPS) is 12.7. The maximum absolute atomic E-state index is 13.0. The first-order valence-corrected chi connectivity index (χ1v) is 9.27. The highest BCUT2D eigenvalue weighted by atomic mass is 35.5. The molecule has 1 aliphatic heterocycles. The second kappa shape index (κ2) is 6.56. The molecule has 0 fully saturated rings. The summed E-state index contributed by atoms with van der Waals surface area (Å²) in [6.45, 7) is 1.71. The molecule has 4 aromatic rings. The smallest absolute Gasteiger partial charge is 0.416 e. The van der Waals surface area contributed by atoms with Gasteiger partial charge in [0.1, 0.15) is 5.69 Å². The summed E-state index contributed by atoms with van der Waals surface area (Å²) >= 11 is 6.22. The molecule has 0 spiro atoms. The molecule has 0 radical (unpaired) electrons. The lowest BCUT2D eigenvalue weighted by Crippen LogP contribution is -2.10. The van der Waals surface area contributed by atoms with Crippen molar-refractivity contribution in [2.24, 2.45) is 0 Å². The maximum atomic E-state index is 13.0. The zero-order chi connectivity index (χ0) is 21.0. The van der Waals surface area contributed by atoms with Gasteiger partial charge in [0, 0.05) is 11.6 Å². The number of fused-ring (bicyclic) bond motifs is 4. The third-order valence-electron chi connectivity index (χ3n) is 4.76. The molecule has 0 saturated carbocycles. The zero-order valence-corrected chi connectivity index (χ0v) is 16.1. The highest BCUT2D eigenvalue weighted by Crippen LogP contribution is 2.47. The minimum atomic E-state index is -4.46. The van der Waals surface area contributed by atoms with Gasteiger partial charge in [0.25, 0.3) is 0 Å². The first-order valence-electron chi connectivity index (χ1n) is 8.89. The number of benzene rings is 1. The Morgan fingerprint density at radius 1 is 1.07 bits per heavy atom. The summed E-state index contributed by atoms with van der Waals surface area (Å²) in [5, 5.41) is 4.29. The molecule has 1 aromatic carbocycles.